The van der Waals surface area contributed by atoms with Gasteiger partial charge in [-0.1, -0.05) is 6.92 Å². The smallest absolute Gasteiger partial charge is 0.234 e. The highest BCUT2D eigenvalue weighted by Gasteiger charge is 2.13. The molecule has 1 N–H and O–H groups in total. The van der Waals surface area contributed by atoms with Gasteiger partial charge in [-0.2, -0.15) is 0 Å². The summed E-state index contributed by atoms with van der Waals surface area (Å²) in [5.74, 6) is 0.0275. The van der Waals surface area contributed by atoms with Crippen LogP contribution in [0.5, 0.6) is 0 Å². The maximum Gasteiger partial charge on any atom is 0.234 e. The van der Waals surface area contributed by atoms with Crippen molar-refractivity contribution in [3.63, 3.8) is 0 Å². The minimum Gasteiger partial charge on any atom is -0.355 e. The van der Waals surface area contributed by atoms with E-state index in [1.165, 1.54) is 16.2 Å². The van der Waals surface area contributed by atoms with Crippen LogP contribution in [0.3, 0.4) is 0 Å². The van der Waals surface area contributed by atoms with E-state index in [-0.39, 0.29) is 24.8 Å². The molecule has 4 nitrogen and oxygen atoms in total. The Hall–Kier alpha value is -1.20. The molecule has 0 saturated heterocycles. The summed E-state index contributed by atoms with van der Waals surface area (Å²) in [6, 6.07) is 3.85. The van der Waals surface area contributed by atoms with Gasteiger partial charge in [0.25, 0.3) is 0 Å². The Bertz CT molecular complexity index is 415. The van der Waals surface area contributed by atoms with Crippen LogP contribution in [0.1, 0.15) is 28.4 Å². The van der Waals surface area contributed by atoms with Crippen molar-refractivity contribution in [1.82, 2.24) is 10.2 Å². The zero-order valence-electron chi connectivity index (χ0n) is 11.2. The largest absolute Gasteiger partial charge is 0.355 e. The molecule has 1 heterocycles. The number of thiophene rings is 1. The minimum absolute atomic E-state index is 0.0479. The standard InChI is InChI=1S/C13H20N2O2S/c1-4-10-6-7-12(18-10)11(16)8-15(3)9-13(17)14-5-2/h6-7H,4-5,8-9H2,1-3H3,(H,14,17). The Labute approximate surface area is 112 Å². The number of ketones is 1. The molecule has 5 heteroatoms. The van der Waals surface area contributed by atoms with Crippen molar-refractivity contribution in [1.29, 1.82) is 0 Å². The van der Waals surface area contributed by atoms with Crippen LogP contribution in [0, 0.1) is 0 Å². The van der Waals surface area contributed by atoms with Crippen LogP contribution in [0.15, 0.2) is 12.1 Å². The predicted molar refractivity (Wildman–Crippen MR) is 74.2 cm³/mol. The van der Waals surface area contributed by atoms with Crippen LogP contribution in [0.25, 0.3) is 0 Å². The summed E-state index contributed by atoms with van der Waals surface area (Å²) < 4.78 is 0. The minimum atomic E-state index is -0.0479. The van der Waals surface area contributed by atoms with Gasteiger partial charge in [0.05, 0.1) is 18.0 Å². The van der Waals surface area contributed by atoms with E-state index in [0.717, 1.165) is 11.3 Å². The van der Waals surface area contributed by atoms with Crippen LogP contribution in [0.2, 0.25) is 0 Å². The van der Waals surface area contributed by atoms with E-state index < -0.39 is 0 Å². The van der Waals surface area contributed by atoms with E-state index in [0.29, 0.717) is 6.54 Å². The van der Waals surface area contributed by atoms with Crippen molar-refractivity contribution in [2.24, 2.45) is 0 Å². The number of Topliss-reactive ketones (excluding diaryl/α,β-unsaturated/α-hetero) is 1. The molecule has 0 unspecified atom stereocenters. The molecule has 1 rings (SSSR count). The summed E-state index contributed by atoms with van der Waals surface area (Å²) in [6.07, 6.45) is 0.951. The quantitative estimate of drug-likeness (QED) is 0.764. The molecule has 0 aliphatic rings. The molecule has 0 atom stereocenters. The fourth-order valence-corrected chi connectivity index (χ4v) is 2.47. The molecule has 0 aromatic carbocycles. The Morgan fingerprint density at radius 1 is 1.28 bits per heavy atom. The van der Waals surface area contributed by atoms with Gasteiger partial charge < -0.3 is 5.32 Å². The Morgan fingerprint density at radius 3 is 2.56 bits per heavy atom. The number of nitrogens with one attached hydrogen (secondary N) is 1. The Balaban J connectivity index is 2.46. The normalized spacial score (nSPS) is 10.7. The zero-order valence-corrected chi connectivity index (χ0v) is 12.0. The maximum absolute atomic E-state index is 12.0. The summed E-state index contributed by atoms with van der Waals surface area (Å²) in [5.41, 5.74) is 0. The lowest BCUT2D eigenvalue weighted by Crippen LogP contribution is -2.37. The number of likely N-dealkylation sites (N-methyl/N-ethyl adjacent to an activating group) is 2. The average Bonchev–Trinajstić information content (AvgIpc) is 2.77. The van der Waals surface area contributed by atoms with Gasteiger partial charge in [-0.25, -0.2) is 0 Å². The third kappa shape index (κ3) is 4.58. The van der Waals surface area contributed by atoms with E-state index in [4.69, 9.17) is 0 Å². The van der Waals surface area contributed by atoms with Crippen LogP contribution < -0.4 is 5.32 Å². The molecule has 0 aliphatic carbocycles. The lowest BCUT2D eigenvalue weighted by Gasteiger charge is -2.14. The number of amides is 1. The van der Waals surface area contributed by atoms with Crippen molar-refractivity contribution in [3.05, 3.63) is 21.9 Å². The molecule has 0 radical (unpaired) electrons. The highest BCUT2D eigenvalue weighted by atomic mass is 32.1. The third-order valence-electron chi connectivity index (χ3n) is 2.49. The van der Waals surface area contributed by atoms with Crippen LogP contribution in [0.4, 0.5) is 0 Å². The molecule has 0 aliphatic heterocycles. The SMILES string of the molecule is CCNC(=O)CN(C)CC(=O)c1ccc(CC)s1. The molecule has 1 amide bonds. The van der Waals surface area contributed by atoms with Crippen molar-refractivity contribution >= 4 is 23.0 Å². The van der Waals surface area contributed by atoms with E-state index in [2.05, 4.69) is 12.2 Å². The number of carbonyl (C=O) groups is 2. The van der Waals surface area contributed by atoms with E-state index in [9.17, 15) is 9.59 Å². The summed E-state index contributed by atoms with van der Waals surface area (Å²) in [6.45, 7) is 5.10. The fraction of sp³-hybridized carbons (Fsp3) is 0.538. The van der Waals surface area contributed by atoms with Gasteiger partial charge in [0.2, 0.25) is 5.91 Å². The van der Waals surface area contributed by atoms with Gasteiger partial charge in [0.15, 0.2) is 5.78 Å². The first kappa shape index (κ1) is 14.9. The molecule has 100 valence electrons. The molecule has 18 heavy (non-hydrogen) atoms. The van der Waals surface area contributed by atoms with Gasteiger partial charge in [-0.3, -0.25) is 14.5 Å². The van der Waals surface area contributed by atoms with E-state index in [1.807, 2.05) is 19.1 Å². The molecule has 1 aromatic heterocycles. The summed E-state index contributed by atoms with van der Waals surface area (Å²) in [4.78, 5) is 27.0. The molecule has 0 spiro atoms. The molecule has 0 fully saturated rings. The zero-order chi connectivity index (χ0) is 13.5. The number of hydrogen-bond acceptors (Lipinski definition) is 4. The van der Waals surface area contributed by atoms with E-state index in [1.54, 1.807) is 11.9 Å². The third-order valence-corrected chi connectivity index (χ3v) is 3.76. The molecule has 1 aromatic rings. The van der Waals surface area contributed by atoms with Gasteiger partial charge in [-0.05, 0) is 32.5 Å². The number of nitrogens with zero attached hydrogens (tertiary/aromatic N) is 1. The van der Waals surface area contributed by atoms with Gasteiger partial charge in [0.1, 0.15) is 0 Å². The van der Waals surface area contributed by atoms with E-state index >= 15 is 0 Å². The number of hydrogen-bond donors (Lipinski definition) is 1. The summed E-state index contributed by atoms with van der Waals surface area (Å²) in [7, 11) is 1.78. The van der Waals surface area contributed by atoms with Gasteiger partial charge >= 0.3 is 0 Å². The molecule has 0 saturated carbocycles. The highest BCUT2D eigenvalue weighted by Crippen LogP contribution is 2.17. The maximum atomic E-state index is 12.0. The summed E-state index contributed by atoms with van der Waals surface area (Å²) in [5, 5.41) is 2.71. The summed E-state index contributed by atoms with van der Waals surface area (Å²) >= 11 is 1.54. The second-order valence-electron chi connectivity index (χ2n) is 4.17. The van der Waals surface area contributed by atoms with Crippen molar-refractivity contribution < 1.29 is 9.59 Å². The fourth-order valence-electron chi connectivity index (χ4n) is 1.59. The Morgan fingerprint density at radius 2 is 2.00 bits per heavy atom. The predicted octanol–water partition coefficient (Wildman–Crippen LogP) is 1.56. The topological polar surface area (TPSA) is 49.4 Å². The second kappa shape index (κ2) is 7.28. The van der Waals surface area contributed by atoms with Gasteiger partial charge in [-0.15, -0.1) is 11.3 Å². The number of rotatable bonds is 7. The first-order chi connectivity index (χ1) is 8.56. The second-order valence-corrected chi connectivity index (χ2v) is 5.34. The van der Waals surface area contributed by atoms with Crippen LogP contribution in [-0.2, 0) is 11.2 Å². The molecular weight excluding hydrogens is 248 g/mol. The van der Waals surface area contributed by atoms with Crippen molar-refractivity contribution in [3.8, 4) is 0 Å². The number of aryl methyl sites for hydroxylation is 1. The lowest BCUT2D eigenvalue weighted by atomic mass is 10.3. The lowest BCUT2D eigenvalue weighted by molar-refractivity contribution is -0.121. The van der Waals surface area contributed by atoms with Crippen LogP contribution >= 0.6 is 11.3 Å². The molecular formula is C13H20N2O2S. The monoisotopic (exact) mass is 268 g/mol. The van der Waals surface area contributed by atoms with Crippen molar-refractivity contribution in [2.45, 2.75) is 20.3 Å². The van der Waals surface area contributed by atoms with Crippen LogP contribution in [-0.4, -0.2) is 43.3 Å². The first-order valence-corrected chi connectivity index (χ1v) is 6.95. The van der Waals surface area contributed by atoms with Gasteiger partial charge in [0, 0.05) is 11.4 Å². The first-order valence-electron chi connectivity index (χ1n) is 6.14. The average molecular weight is 268 g/mol. The highest BCUT2D eigenvalue weighted by molar-refractivity contribution is 7.14. The number of carbonyl (C=O) groups excluding carboxylic acids is 2. The van der Waals surface area contributed by atoms with Crippen molar-refractivity contribution in [2.75, 3.05) is 26.7 Å². The Kier molecular flexibility index (Phi) is 6.01. The molecule has 0 bridgehead atoms.